The summed E-state index contributed by atoms with van der Waals surface area (Å²) in [6.45, 7) is 0. The van der Waals surface area contributed by atoms with Gasteiger partial charge in [-0.25, -0.2) is 4.39 Å². The van der Waals surface area contributed by atoms with Gasteiger partial charge >= 0.3 is 0 Å². The highest BCUT2D eigenvalue weighted by Gasteiger charge is 2.36. The first kappa shape index (κ1) is 11.6. The third-order valence-electron chi connectivity index (χ3n) is 2.67. The summed E-state index contributed by atoms with van der Waals surface area (Å²) in [6, 6.07) is 9.76. The van der Waals surface area contributed by atoms with Crippen LogP contribution in [0.4, 0.5) is 4.39 Å². The molecule has 1 nitrogen and oxygen atoms in total. The number of alkyl halides is 1. The van der Waals surface area contributed by atoms with Crippen molar-refractivity contribution >= 4 is 21.5 Å². The first-order chi connectivity index (χ1) is 7.65. The standard InChI is InChI=1S/C13H12BrFO/c1-16-13(15)9-11(7-8-12(13)14)10-5-3-2-4-6-10/h2-8H,9H2,1H3. The number of benzene rings is 1. The molecule has 0 saturated heterocycles. The zero-order chi connectivity index (χ0) is 11.6. The maximum absolute atomic E-state index is 14.3. The van der Waals surface area contributed by atoms with E-state index in [-0.39, 0.29) is 6.42 Å². The van der Waals surface area contributed by atoms with Crippen LogP contribution in [0.15, 0.2) is 47.0 Å². The molecule has 1 atom stereocenters. The molecule has 0 spiro atoms. The molecule has 0 saturated carbocycles. The average Bonchev–Trinajstić information content (AvgIpc) is 2.34. The first-order valence-corrected chi connectivity index (χ1v) is 5.81. The van der Waals surface area contributed by atoms with Crippen molar-refractivity contribution in [1.82, 2.24) is 0 Å². The minimum Gasteiger partial charge on any atom is -0.345 e. The van der Waals surface area contributed by atoms with Gasteiger partial charge in [-0.2, -0.15) is 0 Å². The Balaban J connectivity index is 2.34. The zero-order valence-electron chi connectivity index (χ0n) is 8.91. The summed E-state index contributed by atoms with van der Waals surface area (Å²) in [5.41, 5.74) is 1.96. The van der Waals surface area contributed by atoms with E-state index in [1.165, 1.54) is 7.11 Å². The maximum Gasteiger partial charge on any atom is 0.245 e. The number of ether oxygens (including phenoxy) is 1. The van der Waals surface area contributed by atoms with E-state index in [0.29, 0.717) is 4.48 Å². The molecule has 84 valence electrons. The van der Waals surface area contributed by atoms with E-state index < -0.39 is 5.85 Å². The molecule has 0 aliphatic heterocycles. The highest BCUT2D eigenvalue weighted by atomic mass is 79.9. The molecule has 0 bridgehead atoms. The molecule has 0 radical (unpaired) electrons. The van der Waals surface area contributed by atoms with Crippen molar-refractivity contribution in [1.29, 1.82) is 0 Å². The van der Waals surface area contributed by atoms with Crippen molar-refractivity contribution in [2.24, 2.45) is 0 Å². The third-order valence-corrected chi connectivity index (χ3v) is 3.53. The molecule has 16 heavy (non-hydrogen) atoms. The molecule has 0 heterocycles. The van der Waals surface area contributed by atoms with Gasteiger partial charge in [-0.3, -0.25) is 0 Å². The van der Waals surface area contributed by atoms with Crippen LogP contribution < -0.4 is 0 Å². The highest BCUT2D eigenvalue weighted by Crippen LogP contribution is 2.40. The van der Waals surface area contributed by atoms with Gasteiger partial charge in [-0.15, -0.1) is 0 Å². The number of hydrogen-bond acceptors (Lipinski definition) is 1. The number of allylic oxidation sites excluding steroid dienone is 2. The summed E-state index contributed by atoms with van der Waals surface area (Å²) in [6.07, 6.45) is 3.84. The number of halogens is 2. The summed E-state index contributed by atoms with van der Waals surface area (Å²) >= 11 is 3.19. The van der Waals surface area contributed by atoms with Gasteiger partial charge in [-0.05, 0) is 33.1 Å². The van der Waals surface area contributed by atoms with Crippen molar-refractivity contribution in [2.75, 3.05) is 7.11 Å². The SMILES string of the molecule is COC1(F)CC(c2ccccc2)=CC=C1Br. The summed E-state index contributed by atoms with van der Waals surface area (Å²) in [4.78, 5) is 0. The normalized spacial score (nSPS) is 24.9. The van der Waals surface area contributed by atoms with Gasteiger partial charge < -0.3 is 4.74 Å². The van der Waals surface area contributed by atoms with E-state index in [4.69, 9.17) is 4.74 Å². The number of methoxy groups -OCH3 is 1. The second-order valence-corrected chi connectivity index (χ2v) is 4.54. The van der Waals surface area contributed by atoms with Crippen LogP contribution in [0.3, 0.4) is 0 Å². The van der Waals surface area contributed by atoms with E-state index in [9.17, 15) is 4.39 Å². The fourth-order valence-corrected chi connectivity index (χ4v) is 2.14. The summed E-state index contributed by atoms with van der Waals surface area (Å²) in [5, 5.41) is 0. The van der Waals surface area contributed by atoms with Crippen LogP contribution in [-0.4, -0.2) is 13.0 Å². The molecule has 1 unspecified atom stereocenters. The third kappa shape index (κ3) is 2.11. The monoisotopic (exact) mass is 282 g/mol. The van der Waals surface area contributed by atoms with Crippen molar-refractivity contribution in [3.63, 3.8) is 0 Å². The van der Waals surface area contributed by atoms with Gasteiger partial charge in [0.2, 0.25) is 5.85 Å². The second kappa shape index (κ2) is 4.52. The van der Waals surface area contributed by atoms with E-state index in [2.05, 4.69) is 15.9 Å². The Morgan fingerprint density at radius 1 is 1.25 bits per heavy atom. The summed E-state index contributed by atoms with van der Waals surface area (Å²) in [7, 11) is 1.38. The zero-order valence-corrected chi connectivity index (χ0v) is 10.5. The van der Waals surface area contributed by atoms with E-state index in [0.717, 1.165) is 11.1 Å². The predicted octanol–water partition coefficient (Wildman–Crippen LogP) is 4.06. The van der Waals surface area contributed by atoms with Gasteiger partial charge in [0, 0.05) is 13.5 Å². The fraction of sp³-hybridized carbons (Fsp3) is 0.231. The van der Waals surface area contributed by atoms with Gasteiger partial charge in [-0.1, -0.05) is 36.4 Å². The predicted molar refractivity (Wildman–Crippen MR) is 66.9 cm³/mol. The average molecular weight is 283 g/mol. The van der Waals surface area contributed by atoms with Crippen LogP contribution >= 0.6 is 15.9 Å². The Morgan fingerprint density at radius 2 is 1.94 bits per heavy atom. The smallest absolute Gasteiger partial charge is 0.245 e. The molecular weight excluding hydrogens is 271 g/mol. The molecular formula is C13H12BrFO. The van der Waals surface area contributed by atoms with E-state index >= 15 is 0 Å². The molecule has 2 rings (SSSR count). The van der Waals surface area contributed by atoms with Crippen LogP contribution in [-0.2, 0) is 4.74 Å². The van der Waals surface area contributed by atoms with E-state index in [1.807, 2.05) is 36.4 Å². The minimum absolute atomic E-state index is 0.227. The Labute approximate surface area is 103 Å². The van der Waals surface area contributed by atoms with Gasteiger partial charge in [0.25, 0.3) is 0 Å². The molecule has 1 aliphatic rings. The van der Waals surface area contributed by atoms with Crippen LogP contribution in [0, 0.1) is 0 Å². The Morgan fingerprint density at radius 3 is 2.56 bits per heavy atom. The molecule has 0 fully saturated rings. The highest BCUT2D eigenvalue weighted by molar-refractivity contribution is 9.11. The second-order valence-electron chi connectivity index (χ2n) is 3.68. The van der Waals surface area contributed by atoms with Gasteiger partial charge in [0.05, 0.1) is 4.48 Å². The van der Waals surface area contributed by atoms with Gasteiger partial charge in [0.15, 0.2) is 0 Å². The molecule has 0 amide bonds. The van der Waals surface area contributed by atoms with Crippen LogP contribution in [0.1, 0.15) is 12.0 Å². The lowest BCUT2D eigenvalue weighted by Gasteiger charge is -2.27. The van der Waals surface area contributed by atoms with Crippen molar-refractivity contribution in [2.45, 2.75) is 12.3 Å². The van der Waals surface area contributed by atoms with Crippen LogP contribution in [0.2, 0.25) is 0 Å². The topological polar surface area (TPSA) is 9.23 Å². The molecule has 0 aromatic heterocycles. The summed E-state index contributed by atoms with van der Waals surface area (Å²) in [5.74, 6) is -1.74. The Hall–Kier alpha value is -0.930. The van der Waals surface area contributed by atoms with Crippen molar-refractivity contribution in [3.8, 4) is 0 Å². The quantitative estimate of drug-likeness (QED) is 0.795. The minimum atomic E-state index is -1.74. The molecule has 3 heteroatoms. The van der Waals surface area contributed by atoms with Crippen molar-refractivity contribution in [3.05, 3.63) is 52.5 Å². The number of hydrogen-bond donors (Lipinski definition) is 0. The maximum atomic E-state index is 14.3. The lowest BCUT2D eigenvalue weighted by atomic mass is 9.94. The number of rotatable bonds is 2. The lowest BCUT2D eigenvalue weighted by molar-refractivity contribution is -0.0774. The lowest BCUT2D eigenvalue weighted by Crippen LogP contribution is -2.27. The molecule has 1 aromatic carbocycles. The fourth-order valence-electron chi connectivity index (χ4n) is 1.71. The largest absolute Gasteiger partial charge is 0.345 e. The Bertz CT molecular complexity index is 439. The van der Waals surface area contributed by atoms with Crippen molar-refractivity contribution < 1.29 is 9.13 Å². The molecule has 1 aliphatic carbocycles. The summed E-state index contributed by atoms with van der Waals surface area (Å²) < 4.78 is 19.6. The molecule has 0 N–H and O–H groups in total. The van der Waals surface area contributed by atoms with Crippen LogP contribution in [0.5, 0.6) is 0 Å². The Kier molecular flexibility index (Phi) is 3.26. The van der Waals surface area contributed by atoms with Gasteiger partial charge in [0.1, 0.15) is 0 Å². The van der Waals surface area contributed by atoms with Crippen LogP contribution in [0.25, 0.3) is 5.57 Å². The first-order valence-electron chi connectivity index (χ1n) is 5.02. The molecule has 1 aromatic rings. The van der Waals surface area contributed by atoms with E-state index in [1.54, 1.807) is 6.08 Å².